The molecule has 3 aliphatic rings. The monoisotopic (exact) mass is 451 g/mol. The standard InChI is InChI=1S/C24H29N5O2S/c30-22(24-27-21(14-32-24)16-3-4-16)17-2-1-7-29(13-17)23-19-6-5-18(12-20(19)25-15-26-23)28-8-10-31-11-9-28/h5-6,12,14-17,22,30H,1-4,7-11,13H2. The van der Waals surface area contributed by atoms with Crippen molar-refractivity contribution in [1.29, 1.82) is 0 Å². The number of aliphatic hydroxyl groups is 1. The SMILES string of the molecule is OC(c1nc(C2CC2)cs1)C1CCCN(c2ncnc3cc(N4CCOCC4)ccc23)C1. The van der Waals surface area contributed by atoms with E-state index in [4.69, 9.17) is 9.72 Å². The van der Waals surface area contributed by atoms with Gasteiger partial charge in [-0.05, 0) is 43.9 Å². The molecule has 2 atom stereocenters. The zero-order chi connectivity index (χ0) is 21.5. The summed E-state index contributed by atoms with van der Waals surface area (Å²) in [6.45, 7) is 5.10. The molecule has 6 rings (SSSR count). The molecule has 0 radical (unpaired) electrons. The van der Waals surface area contributed by atoms with Crippen molar-refractivity contribution in [3.8, 4) is 0 Å². The maximum atomic E-state index is 11.1. The number of anilines is 2. The number of fused-ring (bicyclic) bond motifs is 1. The number of aliphatic hydroxyl groups excluding tert-OH is 1. The summed E-state index contributed by atoms with van der Waals surface area (Å²) in [7, 11) is 0. The molecule has 8 heteroatoms. The lowest BCUT2D eigenvalue weighted by atomic mass is 9.92. The van der Waals surface area contributed by atoms with Crippen LogP contribution < -0.4 is 9.80 Å². The summed E-state index contributed by atoms with van der Waals surface area (Å²) < 4.78 is 5.49. The first-order valence-corrected chi connectivity index (χ1v) is 12.6. The summed E-state index contributed by atoms with van der Waals surface area (Å²) in [5.41, 5.74) is 3.33. The predicted octanol–water partition coefficient (Wildman–Crippen LogP) is 3.75. The van der Waals surface area contributed by atoms with E-state index in [-0.39, 0.29) is 5.92 Å². The van der Waals surface area contributed by atoms with Gasteiger partial charge in [-0.1, -0.05) is 0 Å². The highest BCUT2D eigenvalue weighted by atomic mass is 32.1. The van der Waals surface area contributed by atoms with Crippen molar-refractivity contribution in [2.45, 2.75) is 37.7 Å². The van der Waals surface area contributed by atoms with Gasteiger partial charge >= 0.3 is 0 Å². The molecule has 32 heavy (non-hydrogen) atoms. The molecule has 2 unspecified atom stereocenters. The summed E-state index contributed by atoms with van der Waals surface area (Å²) >= 11 is 1.62. The quantitative estimate of drug-likeness (QED) is 0.633. The third-order valence-corrected chi connectivity index (χ3v) is 7.90. The van der Waals surface area contributed by atoms with E-state index in [9.17, 15) is 5.11 Å². The fourth-order valence-corrected chi connectivity index (χ4v) is 5.94. The van der Waals surface area contributed by atoms with Gasteiger partial charge in [0.05, 0.1) is 24.4 Å². The molecular weight excluding hydrogens is 422 g/mol. The Labute approximate surface area is 192 Å². The summed E-state index contributed by atoms with van der Waals surface area (Å²) in [5, 5.41) is 15.2. The second-order valence-corrected chi connectivity index (χ2v) is 10.1. The maximum Gasteiger partial charge on any atom is 0.139 e. The molecule has 4 heterocycles. The van der Waals surface area contributed by atoms with Gasteiger partial charge < -0.3 is 19.6 Å². The van der Waals surface area contributed by atoms with Gasteiger partial charge in [0.1, 0.15) is 23.3 Å². The van der Waals surface area contributed by atoms with E-state index in [1.165, 1.54) is 24.2 Å². The Kier molecular flexibility index (Phi) is 5.45. The van der Waals surface area contributed by atoms with Crippen molar-refractivity contribution in [2.24, 2.45) is 5.92 Å². The van der Waals surface area contributed by atoms with Crippen LogP contribution in [0.3, 0.4) is 0 Å². The van der Waals surface area contributed by atoms with Crippen LogP contribution in [0.1, 0.15) is 48.4 Å². The molecule has 0 bridgehead atoms. The summed E-state index contributed by atoms with van der Waals surface area (Å²) in [5.74, 6) is 1.77. The van der Waals surface area contributed by atoms with Gasteiger partial charge in [-0.2, -0.15) is 0 Å². The average molecular weight is 452 g/mol. The van der Waals surface area contributed by atoms with Gasteiger partial charge in [-0.3, -0.25) is 0 Å². The highest BCUT2D eigenvalue weighted by Gasteiger charge is 2.32. The van der Waals surface area contributed by atoms with Crippen LogP contribution in [-0.4, -0.2) is 59.5 Å². The lowest BCUT2D eigenvalue weighted by Gasteiger charge is -2.35. The number of nitrogens with zero attached hydrogens (tertiary/aromatic N) is 5. The number of rotatable bonds is 5. The minimum atomic E-state index is -0.503. The number of thiazole rings is 1. The van der Waals surface area contributed by atoms with E-state index in [1.807, 2.05) is 0 Å². The molecule has 1 saturated carbocycles. The number of ether oxygens (including phenoxy) is 1. The first-order chi connectivity index (χ1) is 15.8. The Bertz CT molecular complexity index is 1090. The zero-order valence-corrected chi connectivity index (χ0v) is 19.0. The molecule has 7 nitrogen and oxygen atoms in total. The molecular formula is C24H29N5O2S. The van der Waals surface area contributed by atoms with Crippen molar-refractivity contribution in [1.82, 2.24) is 15.0 Å². The molecule has 2 aromatic heterocycles. The fourth-order valence-electron chi connectivity index (χ4n) is 4.97. The van der Waals surface area contributed by atoms with Crippen LogP contribution >= 0.6 is 11.3 Å². The van der Waals surface area contributed by atoms with Crippen LogP contribution in [0.5, 0.6) is 0 Å². The normalized spacial score (nSPS) is 23.0. The molecule has 2 saturated heterocycles. The number of hydrogen-bond donors (Lipinski definition) is 1. The molecule has 3 aromatic rings. The average Bonchev–Trinajstić information content (AvgIpc) is 3.60. The van der Waals surface area contributed by atoms with Gasteiger partial charge in [0.25, 0.3) is 0 Å². The Morgan fingerprint density at radius 2 is 1.94 bits per heavy atom. The van der Waals surface area contributed by atoms with E-state index in [0.29, 0.717) is 5.92 Å². The largest absolute Gasteiger partial charge is 0.386 e. The molecule has 168 valence electrons. The van der Waals surface area contributed by atoms with Crippen LogP contribution in [0.4, 0.5) is 11.5 Å². The smallest absolute Gasteiger partial charge is 0.139 e. The third-order valence-electron chi connectivity index (χ3n) is 6.97. The highest BCUT2D eigenvalue weighted by Crippen LogP contribution is 2.42. The summed E-state index contributed by atoms with van der Waals surface area (Å²) in [6, 6.07) is 6.49. The predicted molar refractivity (Wildman–Crippen MR) is 127 cm³/mol. The van der Waals surface area contributed by atoms with E-state index in [2.05, 4.69) is 43.3 Å². The van der Waals surface area contributed by atoms with Gasteiger partial charge in [0.15, 0.2) is 0 Å². The van der Waals surface area contributed by atoms with Crippen molar-refractivity contribution < 1.29 is 9.84 Å². The zero-order valence-electron chi connectivity index (χ0n) is 18.2. The Morgan fingerprint density at radius 1 is 1.06 bits per heavy atom. The third kappa shape index (κ3) is 3.95. The first-order valence-electron chi connectivity index (χ1n) is 11.7. The van der Waals surface area contributed by atoms with Crippen molar-refractivity contribution in [2.75, 3.05) is 49.2 Å². The van der Waals surface area contributed by atoms with Crippen molar-refractivity contribution >= 4 is 33.7 Å². The van der Waals surface area contributed by atoms with Crippen molar-refractivity contribution in [3.63, 3.8) is 0 Å². The van der Waals surface area contributed by atoms with Gasteiger partial charge in [-0.15, -0.1) is 11.3 Å². The molecule has 0 spiro atoms. The van der Waals surface area contributed by atoms with Gasteiger partial charge in [0.2, 0.25) is 0 Å². The lowest BCUT2D eigenvalue weighted by molar-refractivity contribution is 0.0976. The number of morpholine rings is 1. The maximum absolute atomic E-state index is 11.1. The first kappa shape index (κ1) is 20.3. The molecule has 3 fully saturated rings. The van der Waals surface area contributed by atoms with E-state index in [1.54, 1.807) is 17.7 Å². The van der Waals surface area contributed by atoms with Gasteiger partial charge in [-0.25, -0.2) is 15.0 Å². The minimum absolute atomic E-state index is 0.166. The second kappa shape index (κ2) is 8.57. The molecule has 0 amide bonds. The molecule has 1 N–H and O–H groups in total. The number of aromatic nitrogens is 3. The van der Waals surface area contributed by atoms with Crippen LogP contribution in [0.25, 0.3) is 10.9 Å². The Morgan fingerprint density at radius 3 is 2.78 bits per heavy atom. The van der Waals surface area contributed by atoms with Crippen LogP contribution in [0.2, 0.25) is 0 Å². The molecule has 1 aliphatic carbocycles. The molecule has 1 aromatic carbocycles. The highest BCUT2D eigenvalue weighted by molar-refractivity contribution is 7.09. The Hall–Kier alpha value is -2.29. The van der Waals surface area contributed by atoms with E-state index in [0.717, 1.165) is 74.0 Å². The topological polar surface area (TPSA) is 74.6 Å². The van der Waals surface area contributed by atoms with Crippen molar-refractivity contribution in [3.05, 3.63) is 40.6 Å². The molecule has 2 aliphatic heterocycles. The van der Waals surface area contributed by atoms with E-state index < -0.39 is 6.10 Å². The summed E-state index contributed by atoms with van der Waals surface area (Å²) in [4.78, 5) is 18.7. The second-order valence-electron chi connectivity index (χ2n) is 9.18. The van der Waals surface area contributed by atoms with Crippen LogP contribution in [0, 0.1) is 5.92 Å². The number of hydrogen-bond acceptors (Lipinski definition) is 8. The van der Waals surface area contributed by atoms with Crippen LogP contribution in [0.15, 0.2) is 29.9 Å². The summed E-state index contributed by atoms with van der Waals surface area (Å²) in [6.07, 6.45) is 5.70. The lowest BCUT2D eigenvalue weighted by Crippen LogP contribution is -2.38. The van der Waals surface area contributed by atoms with E-state index >= 15 is 0 Å². The van der Waals surface area contributed by atoms with Gasteiger partial charge in [0, 0.05) is 54.5 Å². The fraction of sp³-hybridized carbons (Fsp3) is 0.542. The Balaban J connectivity index is 1.22. The number of benzene rings is 1. The minimum Gasteiger partial charge on any atom is -0.386 e. The number of piperidine rings is 1. The van der Waals surface area contributed by atoms with Crippen LogP contribution in [-0.2, 0) is 4.74 Å².